The van der Waals surface area contributed by atoms with E-state index in [2.05, 4.69) is 42.1 Å². The van der Waals surface area contributed by atoms with Gasteiger partial charge in [0.25, 0.3) is 5.89 Å². The Morgan fingerprint density at radius 3 is 2.55 bits per heavy atom. The second kappa shape index (κ2) is 6.81. The Morgan fingerprint density at radius 1 is 1.05 bits per heavy atom. The first-order valence-electron chi connectivity index (χ1n) is 6.28. The lowest BCUT2D eigenvalue weighted by atomic mass is 10.2. The summed E-state index contributed by atoms with van der Waals surface area (Å²) < 4.78 is 13.0. The fraction of sp³-hybridized carbons (Fsp3) is 0.0667. The molecule has 0 N–H and O–H groups in total. The van der Waals surface area contributed by atoms with Crippen molar-refractivity contribution in [2.45, 2.75) is 6.61 Å². The molecule has 4 nitrogen and oxygen atoms in total. The van der Waals surface area contributed by atoms with Crippen LogP contribution in [0.1, 0.15) is 5.89 Å². The highest BCUT2D eigenvalue weighted by Gasteiger charge is 2.10. The lowest BCUT2D eigenvalue weighted by Crippen LogP contribution is -1.96. The minimum absolute atomic E-state index is 0.184. The second-order valence-electron chi connectivity index (χ2n) is 4.37. The summed E-state index contributed by atoms with van der Waals surface area (Å²) in [5.41, 5.74) is 0.856. The van der Waals surface area contributed by atoms with Crippen molar-refractivity contribution in [3.63, 3.8) is 0 Å². The molecular weight excluding hydrogens is 435 g/mol. The molecule has 0 radical (unpaired) electrons. The van der Waals surface area contributed by atoms with E-state index < -0.39 is 0 Å². The molecule has 0 bridgehead atoms. The van der Waals surface area contributed by atoms with Crippen LogP contribution >= 0.6 is 43.5 Å². The SMILES string of the molecule is Clc1ccc(OCc2nnc(-c3ccc(Br)cc3)o2)c(Br)c1. The molecule has 0 atom stereocenters. The molecule has 0 fully saturated rings. The standard InChI is InChI=1S/C15H9Br2ClN2O2/c16-10-3-1-9(2-4-10)15-20-19-14(22-15)8-21-13-6-5-11(18)7-12(13)17/h1-7H,8H2. The largest absolute Gasteiger partial charge is 0.483 e. The lowest BCUT2D eigenvalue weighted by Gasteiger charge is -2.05. The van der Waals surface area contributed by atoms with Gasteiger partial charge in [-0.2, -0.15) is 0 Å². The van der Waals surface area contributed by atoms with Crippen LogP contribution in [0, 0.1) is 0 Å². The first-order valence-corrected chi connectivity index (χ1v) is 8.24. The Bertz CT molecular complexity index is 790. The van der Waals surface area contributed by atoms with E-state index in [4.69, 9.17) is 20.8 Å². The highest BCUT2D eigenvalue weighted by molar-refractivity contribution is 9.10. The summed E-state index contributed by atoms with van der Waals surface area (Å²) in [4.78, 5) is 0. The van der Waals surface area contributed by atoms with Crippen LogP contribution in [0.15, 0.2) is 55.8 Å². The summed E-state index contributed by atoms with van der Waals surface area (Å²) in [6, 6.07) is 12.9. The van der Waals surface area contributed by atoms with Gasteiger partial charge in [-0.1, -0.05) is 27.5 Å². The number of nitrogens with zero attached hydrogens (tertiary/aromatic N) is 2. The van der Waals surface area contributed by atoms with Crippen molar-refractivity contribution in [2.75, 3.05) is 0 Å². The van der Waals surface area contributed by atoms with E-state index in [1.54, 1.807) is 18.2 Å². The van der Waals surface area contributed by atoms with Gasteiger partial charge in [0.1, 0.15) is 5.75 Å². The molecule has 0 saturated carbocycles. The van der Waals surface area contributed by atoms with Gasteiger partial charge < -0.3 is 9.15 Å². The van der Waals surface area contributed by atoms with Crippen molar-refractivity contribution in [3.05, 3.63) is 62.3 Å². The first kappa shape index (κ1) is 15.5. The van der Waals surface area contributed by atoms with E-state index in [-0.39, 0.29) is 6.61 Å². The molecule has 1 aromatic heterocycles. The molecule has 2 aromatic carbocycles. The Kier molecular flexibility index (Phi) is 4.81. The van der Waals surface area contributed by atoms with Crippen molar-refractivity contribution < 1.29 is 9.15 Å². The number of aromatic nitrogens is 2. The van der Waals surface area contributed by atoms with Crippen molar-refractivity contribution in [1.29, 1.82) is 0 Å². The molecule has 0 aliphatic rings. The number of rotatable bonds is 4. The Labute approximate surface area is 148 Å². The zero-order valence-corrected chi connectivity index (χ0v) is 15.0. The average Bonchev–Trinajstić information content (AvgIpc) is 2.96. The Balaban J connectivity index is 1.70. The van der Waals surface area contributed by atoms with E-state index in [0.29, 0.717) is 22.6 Å². The van der Waals surface area contributed by atoms with E-state index in [0.717, 1.165) is 14.5 Å². The molecule has 0 aliphatic carbocycles. The highest BCUT2D eigenvalue weighted by Crippen LogP contribution is 2.29. The zero-order valence-electron chi connectivity index (χ0n) is 11.1. The fourth-order valence-corrected chi connectivity index (χ4v) is 2.81. The maximum atomic E-state index is 5.89. The molecule has 0 spiro atoms. The van der Waals surface area contributed by atoms with Crippen molar-refractivity contribution in [1.82, 2.24) is 10.2 Å². The van der Waals surface area contributed by atoms with Crippen molar-refractivity contribution in [3.8, 4) is 17.2 Å². The van der Waals surface area contributed by atoms with Gasteiger partial charge in [0, 0.05) is 15.1 Å². The van der Waals surface area contributed by atoms with E-state index in [1.165, 1.54) is 0 Å². The van der Waals surface area contributed by atoms with Crippen LogP contribution in [-0.4, -0.2) is 10.2 Å². The van der Waals surface area contributed by atoms with Crippen LogP contribution in [0.25, 0.3) is 11.5 Å². The van der Waals surface area contributed by atoms with Gasteiger partial charge in [0.05, 0.1) is 4.47 Å². The number of benzene rings is 2. The third kappa shape index (κ3) is 3.69. The van der Waals surface area contributed by atoms with Crippen LogP contribution in [0.2, 0.25) is 5.02 Å². The minimum atomic E-state index is 0.184. The summed E-state index contributed by atoms with van der Waals surface area (Å²) in [5, 5.41) is 8.64. The van der Waals surface area contributed by atoms with Gasteiger partial charge in [-0.3, -0.25) is 0 Å². The first-order chi connectivity index (χ1) is 10.6. The lowest BCUT2D eigenvalue weighted by molar-refractivity contribution is 0.263. The topological polar surface area (TPSA) is 48.2 Å². The zero-order chi connectivity index (χ0) is 15.5. The Morgan fingerprint density at radius 2 is 1.82 bits per heavy atom. The van der Waals surface area contributed by atoms with Gasteiger partial charge >= 0.3 is 0 Å². The van der Waals surface area contributed by atoms with Crippen LogP contribution in [-0.2, 0) is 6.61 Å². The van der Waals surface area contributed by atoms with Crippen LogP contribution in [0.4, 0.5) is 0 Å². The van der Waals surface area contributed by atoms with Crippen molar-refractivity contribution in [2.24, 2.45) is 0 Å². The van der Waals surface area contributed by atoms with Crippen LogP contribution in [0.5, 0.6) is 5.75 Å². The molecular formula is C15H9Br2ClN2O2. The van der Waals surface area contributed by atoms with Gasteiger partial charge in [0.15, 0.2) is 6.61 Å². The number of halogens is 3. The van der Waals surface area contributed by atoms with Crippen LogP contribution in [0.3, 0.4) is 0 Å². The number of hydrogen-bond donors (Lipinski definition) is 0. The third-order valence-electron chi connectivity index (χ3n) is 2.80. The third-order valence-corrected chi connectivity index (χ3v) is 4.19. The van der Waals surface area contributed by atoms with Gasteiger partial charge in [-0.05, 0) is 58.4 Å². The molecule has 112 valence electrons. The van der Waals surface area contributed by atoms with E-state index in [9.17, 15) is 0 Å². The van der Waals surface area contributed by atoms with Crippen molar-refractivity contribution >= 4 is 43.5 Å². The smallest absolute Gasteiger partial charge is 0.254 e. The fourth-order valence-electron chi connectivity index (χ4n) is 1.75. The molecule has 22 heavy (non-hydrogen) atoms. The Hall–Kier alpha value is -1.37. The van der Waals surface area contributed by atoms with E-state index >= 15 is 0 Å². The molecule has 0 aliphatic heterocycles. The monoisotopic (exact) mass is 442 g/mol. The molecule has 0 unspecified atom stereocenters. The summed E-state index contributed by atoms with van der Waals surface area (Å²) >= 11 is 12.7. The predicted octanol–water partition coefficient (Wildman–Crippen LogP) is 5.49. The normalized spacial score (nSPS) is 10.7. The minimum Gasteiger partial charge on any atom is -0.483 e. The van der Waals surface area contributed by atoms with E-state index in [1.807, 2.05) is 24.3 Å². The molecule has 1 heterocycles. The predicted molar refractivity (Wildman–Crippen MR) is 90.9 cm³/mol. The maximum Gasteiger partial charge on any atom is 0.254 e. The highest BCUT2D eigenvalue weighted by atomic mass is 79.9. The van der Waals surface area contributed by atoms with Crippen LogP contribution < -0.4 is 4.74 Å². The average molecular weight is 445 g/mol. The molecule has 0 amide bonds. The number of ether oxygens (including phenoxy) is 1. The summed E-state index contributed by atoms with van der Waals surface area (Å²) in [6.45, 7) is 0.184. The molecule has 3 rings (SSSR count). The summed E-state index contributed by atoms with van der Waals surface area (Å²) in [5.74, 6) is 1.52. The molecule has 0 saturated heterocycles. The maximum absolute atomic E-state index is 5.89. The summed E-state index contributed by atoms with van der Waals surface area (Å²) in [6.07, 6.45) is 0. The second-order valence-corrected chi connectivity index (χ2v) is 6.58. The molecule has 7 heteroatoms. The van der Waals surface area contributed by atoms with Gasteiger partial charge in [0.2, 0.25) is 5.89 Å². The quantitative estimate of drug-likeness (QED) is 0.534. The summed E-state index contributed by atoms with van der Waals surface area (Å²) in [7, 11) is 0. The number of hydrogen-bond acceptors (Lipinski definition) is 4. The molecule has 3 aromatic rings. The van der Waals surface area contributed by atoms with Gasteiger partial charge in [-0.25, -0.2) is 0 Å². The van der Waals surface area contributed by atoms with Gasteiger partial charge in [-0.15, -0.1) is 10.2 Å².